The highest BCUT2D eigenvalue weighted by Gasteiger charge is 2.04. The van der Waals surface area contributed by atoms with Gasteiger partial charge < -0.3 is 0 Å². The molecular weight excluding hydrogens is 172 g/mol. The average Bonchev–Trinajstić information content (AvgIpc) is 2.27. The Labute approximate surface area is 83.4 Å². The maximum absolute atomic E-state index is 10.9. The molecule has 2 aromatic rings. The SMILES string of the molecule is CCc1ccc2ccccc2c1[C]=O. The highest BCUT2D eigenvalue weighted by Crippen LogP contribution is 2.21. The predicted molar refractivity (Wildman–Crippen MR) is 58.1 cm³/mol. The number of carbonyl (C=O) groups excluding carboxylic acids is 1. The third-order valence-electron chi connectivity index (χ3n) is 2.50. The lowest BCUT2D eigenvalue weighted by Crippen LogP contribution is -1.92. The molecule has 0 heterocycles. The fraction of sp³-hybridized carbons (Fsp3) is 0.154. The van der Waals surface area contributed by atoms with Gasteiger partial charge in [0, 0.05) is 5.56 Å². The van der Waals surface area contributed by atoms with E-state index in [9.17, 15) is 4.79 Å². The maximum atomic E-state index is 10.9. The molecule has 0 aliphatic heterocycles. The minimum atomic E-state index is 0.714. The Morgan fingerprint density at radius 2 is 1.93 bits per heavy atom. The highest BCUT2D eigenvalue weighted by molar-refractivity contribution is 5.99. The number of aryl methyl sites for hydroxylation is 1. The molecule has 0 atom stereocenters. The lowest BCUT2D eigenvalue weighted by molar-refractivity contribution is 0.562. The van der Waals surface area contributed by atoms with Crippen molar-refractivity contribution in [1.82, 2.24) is 0 Å². The van der Waals surface area contributed by atoms with Gasteiger partial charge in [0.15, 0.2) is 0 Å². The molecule has 2 aromatic carbocycles. The molecule has 1 heteroatoms. The minimum Gasteiger partial charge on any atom is -0.285 e. The molecule has 2 rings (SSSR count). The van der Waals surface area contributed by atoms with Crippen LogP contribution in [0.2, 0.25) is 0 Å². The third kappa shape index (κ3) is 1.31. The number of rotatable bonds is 2. The van der Waals surface area contributed by atoms with E-state index < -0.39 is 0 Å². The van der Waals surface area contributed by atoms with E-state index in [-0.39, 0.29) is 0 Å². The summed E-state index contributed by atoms with van der Waals surface area (Å²) >= 11 is 0. The van der Waals surface area contributed by atoms with Gasteiger partial charge in [0.2, 0.25) is 6.29 Å². The largest absolute Gasteiger partial charge is 0.285 e. The second-order valence-electron chi connectivity index (χ2n) is 3.28. The molecule has 1 radical (unpaired) electrons. The Hall–Kier alpha value is -1.63. The van der Waals surface area contributed by atoms with Crippen LogP contribution in [0.5, 0.6) is 0 Å². The molecule has 0 fully saturated rings. The van der Waals surface area contributed by atoms with Crippen molar-refractivity contribution in [3.05, 3.63) is 47.5 Å². The molecule has 1 nitrogen and oxygen atoms in total. The first-order valence-corrected chi connectivity index (χ1v) is 4.75. The van der Waals surface area contributed by atoms with E-state index in [2.05, 4.69) is 6.07 Å². The topological polar surface area (TPSA) is 17.1 Å². The average molecular weight is 183 g/mol. The van der Waals surface area contributed by atoms with Crippen LogP contribution in [0.15, 0.2) is 36.4 Å². The molecule has 0 saturated carbocycles. The van der Waals surface area contributed by atoms with Crippen LogP contribution in [0.1, 0.15) is 18.1 Å². The Morgan fingerprint density at radius 1 is 1.14 bits per heavy atom. The van der Waals surface area contributed by atoms with E-state index >= 15 is 0 Å². The van der Waals surface area contributed by atoms with Gasteiger partial charge in [0.25, 0.3) is 0 Å². The first kappa shape index (κ1) is 8.95. The summed E-state index contributed by atoms with van der Waals surface area (Å²) in [6.45, 7) is 2.05. The summed E-state index contributed by atoms with van der Waals surface area (Å²) in [5, 5.41) is 2.10. The van der Waals surface area contributed by atoms with Crippen molar-refractivity contribution in [1.29, 1.82) is 0 Å². The Bertz CT molecular complexity index is 472. The second kappa shape index (κ2) is 3.62. The molecule has 0 N–H and O–H groups in total. The van der Waals surface area contributed by atoms with E-state index in [0.29, 0.717) is 5.56 Å². The number of hydrogen-bond donors (Lipinski definition) is 0. The van der Waals surface area contributed by atoms with E-state index in [1.54, 1.807) is 0 Å². The Morgan fingerprint density at radius 3 is 2.64 bits per heavy atom. The van der Waals surface area contributed by atoms with Crippen molar-refractivity contribution < 1.29 is 4.79 Å². The van der Waals surface area contributed by atoms with Gasteiger partial charge in [0.05, 0.1) is 0 Å². The zero-order chi connectivity index (χ0) is 9.97. The van der Waals surface area contributed by atoms with Gasteiger partial charge in [-0.25, -0.2) is 0 Å². The number of benzene rings is 2. The molecule has 0 bridgehead atoms. The van der Waals surface area contributed by atoms with Crippen LogP contribution in [0.3, 0.4) is 0 Å². The van der Waals surface area contributed by atoms with Gasteiger partial charge in [0.1, 0.15) is 0 Å². The smallest absolute Gasteiger partial charge is 0.234 e. The molecule has 0 aliphatic carbocycles. The Kier molecular flexibility index (Phi) is 2.32. The van der Waals surface area contributed by atoms with Crippen LogP contribution < -0.4 is 0 Å². The summed E-state index contributed by atoms with van der Waals surface area (Å²) in [5.74, 6) is 0. The van der Waals surface area contributed by atoms with E-state index in [1.165, 1.54) is 0 Å². The quantitative estimate of drug-likeness (QED) is 0.699. The summed E-state index contributed by atoms with van der Waals surface area (Å²) in [7, 11) is 0. The lowest BCUT2D eigenvalue weighted by Gasteiger charge is -2.05. The van der Waals surface area contributed by atoms with Crippen molar-refractivity contribution >= 4 is 17.1 Å². The third-order valence-corrected chi connectivity index (χ3v) is 2.50. The van der Waals surface area contributed by atoms with Gasteiger partial charge >= 0.3 is 0 Å². The molecule has 0 unspecified atom stereocenters. The van der Waals surface area contributed by atoms with E-state index in [4.69, 9.17) is 0 Å². The van der Waals surface area contributed by atoms with Gasteiger partial charge in [-0.1, -0.05) is 43.3 Å². The minimum absolute atomic E-state index is 0.714. The lowest BCUT2D eigenvalue weighted by atomic mass is 9.98. The van der Waals surface area contributed by atoms with Crippen molar-refractivity contribution in [3.8, 4) is 0 Å². The maximum Gasteiger partial charge on any atom is 0.234 e. The fourth-order valence-corrected chi connectivity index (χ4v) is 1.73. The van der Waals surface area contributed by atoms with Crippen LogP contribution in [-0.4, -0.2) is 6.29 Å². The normalized spacial score (nSPS) is 10.4. The van der Waals surface area contributed by atoms with Crippen molar-refractivity contribution in [2.75, 3.05) is 0 Å². The van der Waals surface area contributed by atoms with Gasteiger partial charge in [-0.05, 0) is 22.8 Å². The summed E-state index contributed by atoms with van der Waals surface area (Å²) in [4.78, 5) is 10.9. The van der Waals surface area contributed by atoms with Gasteiger partial charge in [-0.15, -0.1) is 0 Å². The summed E-state index contributed by atoms with van der Waals surface area (Å²) in [6, 6.07) is 12.0. The molecule has 14 heavy (non-hydrogen) atoms. The van der Waals surface area contributed by atoms with Crippen molar-refractivity contribution in [2.45, 2.75) is 13.3 Å². The molecular formula is C13H11O. The molecule has 0 aliphatic rings. The predicted octanol–water partition coefficient (Wildman–Crippen LogP) is 2.86. The van der Waals surface area contributed by atoms with Gasteiger partial charge in [-0.3, -0.25) is 4.79 Å². The van der Waals surface area contributed by atoms with Crippen LogP contribution >= 0.6 is 0 Å². The zero-order valence-electron chi connectivity index (χ0n) is 8.08. The number of fused-ring (bicyclic) bond motifs is 1. The molecule has 0 aromatic heterocycles. The molecule has 0 saturated heterocycles. The van der Waals surface area contributed by atoms with Crippen molar-refractivity contribution in [3.63, 3.8) is 0 Å². The summed E-state index contributed by atoms with van der Waals surface area (Å²) in [6.07, 6.45) is 2.91. The fourth-order valence-electron chi connectivity index (χ4n) is 1.73. The Balaban J connectivity index is 2.83. The van der Waals surface area contributed by atoms with E-state index in [0.717, 1.165) is 22.8 Å². The monoisotopic (exact) mass is 183 g/mol. The second-order valence-corrected chi connectivity index (χ2v) is 3.28. The molecule has 0 spiro atoms. The first-order valence-electron chi connectivity index (χ1n) is 4.75. The van der Waals surface area contributed by atoms with Crippen LogP contribution in [0, 0.1) is 0 Å². The van der Waals surface area contributed by atoms with Crippen LogP contribution in [-0.2, 0) is 11.2 Å². The first-order chi connectivity index (χ1) is 6.86. The highest BCUT2D eigenvalue weighted by atomic mass is 16.1. The van der Waals surface area contributed by atoms with Crippen LogP contribution in [0.4, 0.5) is 0 Å². The van der Waals surface area contributed by atoms with Gasteiger partial charge in [-0.2, -0.15) is 0 Å². The summed E-state index contributed by atoms with van der Waals surface area (Å²) < 4.78 is 0. The summed E-state index contributed by atoms with van der Waals surface area (Å²) in [5.41, 5.74) is 1.78. The standard InChI is InChI=1S/C13H11O/c1-2-10-7-8-11-5-3-4-6-12(11)13(10)9-14/h3-8H,2H2,1H3. The molecule has 0 amide bonds. The zero-order valence-corrected chi connectivity index (χ0v) is 8.08. The number of hydrogen-bond acceptors (Lipinski definition) is 1. The van der Waals surface area contributed by atoms with Crippen LogP contribution in [0.25, 0.3) is 10.8 Å². The molecule has 69 valence electrons. The van der Waals surface area contributed by atoms with Crippen molar-refractivity contribution in [2.24, 2.45) is 0 Å². The van der Waals surface area contributed by atoms with E-state index in [1.807, 2.05) is 43.5 Å².